The van der Waals surface area contributed by atoms with Crippen molar-refractivity contribution in [1.29, 1.82) is 0 Å². The molecule has 0 aromatic carbocycles. The van der Waals surface area contributed by atoms with Crippen LogP contribution in [0.15, 0.2) is 5.11 Å². The molecular formula is C6H11N3S. The predicted molar refractivity (Wildman–Crippen MR) is 44.1 cm³/mol. The van der Waals surface area contributed by atoms with Gasteiger partial charge in [-0.15, -0.1) is 0 Å². The number of azide groups is 1. The van der Waals surface area contributed by atoms with Crippen molar-refractivity contribution in [2.45, 2.75) is 31.1 Å². The van der Waals surface area contributed by atoms with Gasteiger partial charge in [-0.3, -0.25) is 0 Å². The van der Waals surface area contributed by atoms with Crippen molar-refractivity contribution in [2.24, 2.45) is 5.11 Å². The maximum absolute atomic E-state index is 8.14. The van der Waals surface area contributed by atoms with Gasteiger partial charge in [0.15, 0.2) is 0 Å². The lowest BCUT2D eigenvalue weighted by atomic mass is 9.93. The Labute approximate surface area is 64.8 Å². The van der Waals surface area contributed by atoms with Crippen molar-refractivity contribution in [3.05, 3.63) is 10.4 Å². The lowest BCUT2D eigenvalue weighted by Gasteiger charge is -2.31. The Kier molecular flexibility index (Phi) is 2.90. The normalized spacial score (nSPS) is 30.5. The fourth-order valence-corrected chi connectivity index (χ4v) is 2.20. The first kappa shape index (κ1) is 7.76. The molecule has 0 spiro atoms. The summed E-state index contributed by atoms with van der Waals surface area (Å²) < 4.78 is 0. The van der Waals surface area contributed by atoms with E-state index in [1.807, 2.05) is 11.8 Å². The molecule has 0 heterocycles. The molecule has 2 unspecified atom stereocenters. The maximum atomic E-state index is 8.14. The van der Waals surface area contributed by atoms with Gasteiger partial charge < -0.3 is 0 Å². The number of hydrogen-bond donors (Lipinski definition) is 0. The SMILES string of the molecule is CCSC1CCC1N=[N+]=[N-]. The van der Waals surface area contributed by atoms with Crippen molar-refractivity contribution in [3.63, 3.8) is 0 Å². The summed E-state index contributed by atoms with van der Waals surface area (Å²) in [7, 11) is 0. The van der Waals surface area contributed by atoms with E-state index >= 15 is 0 Å². The largest absolute Gasteiger partial charge is 0.158 e. The van der Waals surface area contributed by atoms with Gasteiger partial charge in [0.2, 0.25) is 0 Å². The molecule has 0 bridgehead atoms. The van der Waals surface area contributed by atoms with Crippen LogP contribution in [-0.2, 0) is 0 Å². The molecule has 0 amide bonds. The lowest BCUT2D eigenvalue weighted by molar-refractivity contribution is 0.433. The molecule has 2 atom stereocenters. The summed E-state index contributed by atoms with van der Waals surface area (Å²) in [4.78, 5) is 2.80. The Hall–Kier alpha value is -0.340. The van der Waals surface area contributed by atoms with Crippen LogP contribution < -0.4 is 0 Å². The molecule has 1 rings (SSSR count). The number of rotatable bonds is 3. The van der Waals surface area contributed by atoms with Crippen molar-refractivity contribution in [1.82, 2.24) is 0 Å². The van der Waals surface area contributed by atoms with Crippen LogP contribution >= 0.6 is 11.8 Å². The molecule has 10 heavy (non-hydrogen) atoms. The molecule has 0 aliphatic heterocycles. The lowest BCUT2D eigenvalue weighted by Crippen LogP contribution is -2.32. The van der Waals surface area contributed by atoms with Crippen molar-refractivity contribution >= 4 is 11.8 Å². The average molecular weight is 157 g/mol. The van der Waals surface area contributed by atoms with Crippen LogP contribution in [0.2, 0.25) is 0 Å². The van der Waals surface area contributed by atoms with Crippen LogP contribution in [0.25, 0.3) is 10.4 Å². The highest BCUT2D eigenvalue weighted by atomic mass is 32.2. The molecule has 56 valence electrons. The second kappa shape index (κ2) is 3.74. The Morgan fingerprint density at radius 2 is 2.50 bits per heavy atom. The first-order valence-corrected chi connectivity index (χ1v) is 4.59. The van der Waals surface area contributed by atoms with Gasteiger partial charge in [-0.2, -0.15) is 11.8 Å². The van der Waals surface area contributed by atoms with Gasteiger partial charge in [0, 0.05) is 16.2 Å². The molecule has 0 aromatic heterocycles. The highest BCUT2D eigenvalue weighted by Crippen LogP contribution is 2.33. The minimum absolute atomic E-state index is 0.287. The minimum atomic E-state index is 0.287. The molecule has 0 aromatic rings. The second-order valence-corrected chi connectivity index (χ2v) is 3.86. The predicted octanol–water partition coefficient (Wildman–Crippen LogP) is 2.58. The molecule has 0 N–H and O–H groups in total. The zero-order valence-corrected chi connectivity index (χ0v) is 6.84. The van der Waals surface area contributed by atoms with Gasteiger partial charge in [-0.25, -0.2) is 0 Å². The van der Waals surface area contributed by atoms with E-state index in [1.165, 1.54) is 6.42 Å². The topological polar surface area (TPSA) is 48.8 Å². The molecule has 1 saturated carbocycles. The van der Waals surface area contributed by atoms with Gasteiger partial charge in [0.05, 0.1) is 0 Å². The summed E-state index contributed by atoms with van der Waals surface area (Å²) in [6.45, 7) is 2.14. The molecule has 0 saturated heterocycles. The molecule has 3 nitrogen and oxygen atoms in total. The Morgan fingerprint density at radius 1 is 1.70 bits per heavy atom. The summed E-state index contributed by atoms with van der Waals surface area (Å²) in [5.41, 5.74) is 8.14. The quantitative estimate of drug-likeness (QED) is 0.353. The summed E-state index contributed by atoms with van der Waals surface area (Å²) in [6.07, 6.45) is 2.31. The van der Waals surface area contributed by atoms with Crippen LogP contribution in [0.4, 0.5) is 0 Å². The highest BCUT2D eigenvalue weighted by molar-refractivity contribution is 7.99. The van der Waals surface area contributed by atoms with E-state index in [1.54, 1.807) is 0 Å². The smallest absolute Gasteiger partial charge is 0.0493 e. The summed E-state index contributed by atoms with van der Waals surface area (Å²) in [5.74, 6) is 1.13. The van der Waals surface area contributed by atoms with E-state index in [4.69, 9.17) is 5.53 Å². The van der Waals surface area contributed by atoms with E-state index in [0.717, 1.165) is 12.2 Å². The third-order valence-corrected chi connectivity index (χ3v) is 3.07. The van der Waals surface area contributed by atoms with Gasteiger partial charge in [0.25, 0.3) is 0 Å². The number of nitrogens with zero attached hydrogens (tertiary/aromatic N) is 3. The molecule has 1 fully saturated rings. The first-order chi connectivity index (χ1) is 4.88. The molecule has 1 aliphatic carbocycles. The van der Waals surface area contributed by atoms with Crippen LogP contribution in [0.5, 0.6) is 0 Å². The summed E-state index contributed by atoms with van der Waals surface area (Å²) in [5, 5.41) is 4.30. The van der Waals surface area contributed by atoms with Gasteiger partial charge in [0.1, 0.15) is 0 Å². The minimum Gasteiger partial charge on any atom is -0.158 e. The summed E-state index contributed by atoms with van der Waals surface area (Å²) in [6, 6.07) is 0.287. The van der Waals surface area contributed by atoms with E-state index in [2.05, 4.69) is 16.9 Å². The van der Waals surface area contributed by atoms with Gasteiger partial charge >= 0.3 is 0 Å². The van der Waals surface area contributed by atoms with Gasteiger partial charge in [-0.05, 0) is 24.1 Å². The Bertz CT molecular complexity index is 153. The fourth-order valence-electron chi connectivity index (χ4n) is 1.06. The zero-order valence-electron chi connectivity index (χ0n) is 6.03. The zero-order chi connectivity index (χ0) is 7.40. The molecule has 1 aliphatic rings. The third kappa shape index (κ3) is 1.58. The standard InChI is InChI=1S/C6H11N3S/c1-2-10-6-4-3-5(6)8-9-7/h5-6H,2-4H2,1H3. The highest BCUT2D eigenvalue weighted by Gasteiger charge is 2.29. The van der Waals surface area contributed by atoms with Crippen LogP contribution in [0.3, 0.4) is 0 Å². The number of hydrogen-bond acceptors (Lipinski definition) is 2. The van der Waals surface area contributed by atoms with E-state index in [-0.39, 0.29) is 6.04 Å². The van der Waals surface area contributed by atoms with Gasteiger partial charge in [-0.1, -0.05) is 12.0 Å². The van der Waals surface area contributed by atoms with Crippen molar-refractivity contribution in [2.75, 3.05) is 5.75 Å². The number of thioether (sulfide) groups is 1. The van der Waals surface area contributed by atoms with E-state index in [9.17, 15) is 0 Å². The first-order valence-electron chi connectivity index (χ1n) is 3.54. The summed E-state index contributed by atoms with van der Waals surface area (Å²) >= 11 is 1.90. The Morgan fingerprint density at radius 3 is 2.90 bits per heavy atom. The van der Waals surface area contributed by atoms with Crippen LogP contribution in [-0.4, -0.2) is 17.0 Å². The molecule has 4 heteroatoms. The molecular weight excluding hydrogens is 146 g/mol. The maximum Gasteiger partial charge on any atom is 0.0493 e. The fraction of sp³-hybridized carbons (Fsp3) is 1.00. The monoisotopic (exact) mass is 157 g/mol. The van der Waals surface area contributed by atoms with Crippen LogP contribution in [0.1, 0.15) is 19.8 Å². The Balaban J connectivity index is 2.28. The average Bonchev–Trinajstić information content (AvgIpc) is 1.93. The third-order valence-electron chi connectivity index (χ3n) is 1.76. The van der Waals surface area contributed by atoms with Crippen molar-refractivity contribution in [3.8, 4) is 0 Å². The van der Waals surface area contributed by atoms with E-state index in [0.29, 0.717) is 5.25 Å². The van der Waals surface area contributed by atoms with Crippen LogP contribution in [0, 0.1) is 0 Å². The van der Waals surface area contributed by atoms with Crippen molar-refractivity contribution < 1.29 is 0 Å². The van der Waals surface area contributed by atoms with E-state index < -0.39 is 0 Å². The second-order valence-electron chi connectivity index (χ2n) is 2.34. The molecule has 0 radical (unpaired) electrons.